The first-order chi connectivity index (χ1) is 8.67. The summed E-state index contributed by atoms with van der Waals surface area (Å²) in [6, 6.07) is 7.25. The van der Waals surface area contributed by atoms with Crippen molar-refractivity contribution in [1.82, 2.24) is 5.32 Å². The second-order valence-electron chi connectivity index (χ2n) is 4.05. The molecular formula is C13H20N2O3. The Morgan fingerprint density at radius 2 is 2.00 bits per heavy atom. The smallest absolute Gasteiger partial charge is 0.319 e. The second-order valence-corrected chi connectivity index (χ2v) is 4.05. The molecule has 0 aliphatic heterocycles. The van der Waals surface area contributed by atoms with Crippen LogP contribution in [0.1, 0.15) is 12.5 Å². The second kappa shape index (κ2) is 7.68. The summed E-state index contributed by atoms with van der Waals surface area (Å²) in [5.41, 5.74) is 1.69. The molecule has 2 amide bonds. The Hall–Kier alpha value is -1.59. The lowest BCUT2D eigenvalue weighted by Gasteiger charge is -2.15. The number of para-hydroxylation sites is 1. The third kappa shape index (κ3) is 4.73. The van der Waals surface area contributed by atoms with Gasteiger partial charge in [-0.05, 0) is 13.0 Å². The number of anilines is 1. The van der Waals surface area contributed by atoms with Crippen molar-refractivity contribution in [3.8, 4) is 0 Å². The zero-order valence-corrected chi connectivity index (χ0v) is 11.0. The minimum absolute atomic E-state index is 0.0374. The molecule has 1 aromatic carbocycles. The Balaban J connectivity index is 2.58. The molecule has 5 nitrogen and oxygen atoms in total. The predicted molar refractivity (Wildman–Crippen MR) is 70.6 cm³/mol. The van der Waals surface area contributed by atoms with E-state index in [-0.39, 0.29) is 12.1 Å². The predicted octanol–water partition coefficient (Wildman–Crippen LogP) is 1.99. The molecule has 0 saturated heterocycles. The van der Waals surface area contributed by atoms with Gasteiger partial charge >= 0.3 is 6.03 Å². The van der Waals surface area contributed by atoms with E-state index < -0.39 is 0 Å². The SMILES string of the molecule is COCc1ccccc1NC(=O)NC(C)COC. The fraction of sp³-hybridized carbons (Fsp3) is 0.462. The van der Waals surface area contributed by atoms with Crippen LogP contribution in [0.2, 0.25) is 0 Å². The van der Waals surface area contributed by atoms with Crippen LogP contribution in [0.15, 0.2) is 24.3 Å². The van der Waals surface area contributed by atoms with E-state index in [1.165, 1.54) is 0 Å². The van der Waals surface area contributed by atoms with E-state index in [1.807, 2.05) is 31.2 Å². The third-order valence-corrected chi connectivity index (χ3v) is 2.36. The van der Waals surface area contributed by atoms with Crippen LogP contribution < -0.4 is 10.6 Å². The number of hydrogen-bond acceptors (Lipinski definition) is 3. The maximum Gasteiger partial charge on any atom is 0.319 e. The highest BCUT2D eigenvalue weighted by Gasteiger charge is 2.09. The molecule has 1 rings (SSSR count). The fourth-order valence-electron chi connectivity index (χ4n) is 1.60. The Bertz CT molecular complexity index is 382. The van der Waals surface area contributed by atoms with Crippen LogP contribution in [0.25, 0.3) is 0 Å². The maximum absolute atomic E-state index is 11.7. The molecule has 18 heavy (non-hydrogen) atoms. The van der Waals surface area contributed by atoms with Gasteiger partial charge in [0, 0.05) is 25.5 Å². The quantitative estimate of drug-likeness (QED) is 0.814. The van der Waals surface area contributed by atoms with Crippen molar-refractivity contribution in [3.63, 3.8) is 0 Å². The Morgan fingerprint density at radius 3 is 2.67 bits per heavy atom. The van der Waals surface area contributed by atoms with Gasteiger partial charge in [-0.3, -0.25) is 0 Å². The lowest BCUT2D eigenvalue weighted by molar-refractivity contribution is 0.173. The summed E-state index contributed by atoms with van der Waals surface area (Å²) in [6.45, 7) is 2.82. The molecule has 1 unspecified atom stereocenters. The van der Waals surface area contributed by atoms with E-state index in [2.05, 4.69) is 10.6 Å². The van der Waals surface area contributed by atoms with Gasteiger partial charge in [0.2, 0.25) is 0 Å². The lowest BCUT2D eigenvalue weighted by Crippen LogP contribution is -2.38. The standard InChI is InChI=1S/C13H20N2O3/c1-10(8-17-2)14-13(16)15-12-7-5-4-6-11(12)9-18-3/h4-7,10H,8-9H2,1-3H3,(H2,14,15,16). The average Bonchev–Trinajstić information content (AvgIpc) is 2.32. The molecule has 2 N–H and O–H groups in total. The van der Waals surface area contributed by atoms with Gasteiger partial charge in [0.25, 0.3) is 0 Å². The number of amides is 2. The van der Waals surface area contributed by atoms with Crippen LogP contribution in [0.3, 0.4) is 0 Å². The summed E-state index contributed by atoms with van der Waals surface area (Å²) >= 11 is 0. The summed E-state index contributed by atoms with van der Waals surface area (Å²) < 4.78 is 10.0. The number of urea groups is 1. The molecule has 0 aliphatic carbocycles. The monoisotopic (exact) mass is 252 g/mol. The summed E-state index contributed by atoms with van der Waals surface area (Å²) in [4.78, 5) is 11.7. The number of rotatable bonds is 6. The normalized spacial score (nSPS) is 11.9. The highest BCUT2D eigenvalue weighted by molar-refractivity contribution is 5.90. The molecule has 0 fully saturated rings. The van der Waals surface area contributed by atoms with Crippen molar-refractivity contribution < 1.29 is 14.3 Å². The van der Waals surface area contributed by atoms with Gasteiger partial charge in [0.05, 0.1) is 19.3 Å². The summed E-state index contributed by atoms with van der Waals surface area (Å²) in [6.07, 6.45) is 0. The maximum atomic E-state index is 11.7. The molecule has 0 saturated carbocycles. The van der Waals surface area contributed by atoms with E-state index in [9.17, 15) is 4.79 Å². The number of methoxy groups -OCH3 is 2. The minimum atomic E-state index is -0.247. The largest absolute Gasteiger partial charge is 0.383 e. The zero-order chi connectivity index (χ0) is 13.4. The summed E-state index contributed by atoms with van der Waals surface area (Å²) in [7, 11) is 3.22. The van der Waals surface area contributed by atoms with Gasteiger partial charge in [-0.15, -0.1) is 0 Å². The Morgan fingerprint density at radius 1 is 1.28 bits per heavy atom. The van der Waals surface area contributed by atoms with Gasteiger partial charge in [-0.1, -0.05) is 18.2 Å². The Labute approximate surface area is 107 Å². The van der Waals surface area contributed by atoms with E-state index in [4.69, 9.17) is 9.47 Å². The lowest BCUT2D eigenvalue weighted by atomic mass is 10.2. The number of ether oxygens (including phenoxy) is 2. The minimum Gasteiger partial charge on any atom is -0.383 e. The van der Waals surface area contributed by atoms with Crippen molar-refractivity contribution in [2.24, 2.45) is 0 Å². The first-order valence-electron chi connectivity index (χ1n) is 5.80. The Kier molecular flexibility index (Phi) is 6.18. The molecule has 0 spiro atoms. The summed E-state index contributed by atoms with van der Waals surface area (Å²) in [5.74, 6) is 0. The first kappa shape index (κ1) is 14.5. The van der Waals surface area contributed by atoms with E-state index in [1.54, 1.807) is 14.2 Å². The average molecular weight is 252 g/mol. The third-order valence-electron chi connectivity index (χ3n) is 2.36. The molecule has 0 aliphatic rings. The molecule has 100 valence electrons. The highest BCUT2D eigenvalue weighted by atomic mass is 16.5. The van der Waals surface area contributed by atoms with Crippen LogP contribution in [-0.2, 0) is 16.1 Å². The van der Waals surface area contributed by atoms with E-state index >= 15 is 0 Å². The molecular weight excluding hydrogens is 232 g/mol. The number of nitrogens with one attached hydrogen (secondary N) is 2. The van der Waals surface area contributed by atoms with E-state index in [0.717, 1.165) is 11.3 Å². The van der Waals surface area contributed by atoms with Crippen molar-refractivity contribution >= 4 is 11.7 Å². The van der Waals surface area contributed by atoms with Gasteiger partial charge < -0.3 is 20.1 Å². The van der Waals surface area contributed by atoms with Crippen LogP contribution in [0, 0.1) is 0 Å². The van der Waals surface area contributed by atoms with Crippen LogP contribution >= 0.6 is 0 Å². The van der Waals surface area contributed by atoms with Crippen molar-refractivity contribution in [1.29, 1.82) is 0 Å². The van der Waals surface area contributed by atoms with Crippen LogP contribution in [0.5, 0.6) is 0 Å². The number of carbonyl (C=O) groups excluding carboxylic acids is 1. The molecule has 0 bridgehead atoms. The van der Waals surface area contributed by atoms with Crippen molar-refractivity contribution in [2.75, 3.05) is 26.1 Å². The fourth-order valence-corrected chi connectivity index (χ4v) is 1.60. The number of carbonyl (C=O) groups is 1. The van der Waals surface area contributed by atoms with Gasteiger partial charge in [-0.2, -0.15) is 0 Å². The topological polar surface area (TPSA) is 59.6 Å². The molecule has 5 heteroatoms. The van der Waals surface area contributed by atoms with Crippen molar-refractivity contribution in [3.05, 3.63) is 29.8 Å². The number of benzene rings is 1. The van der Waals surface area contributed by atoms with Gasteiger partial charge in [0.15, 0.2) is 0 Å². The van der Waals surface area contributed by atoms with Crippen LogP contribution in [0.4, 0.5) is 10.5 Å². The van der Waals surface area contributed by atoms with Crippen LogP contribution in [-0.4, -0.2) is 32.9 Å². The molecule has 1 aromatic rings. The number of hydrogen-bond donors (Lipinski definition) is 2. The molecule has 1 atom stereocenters. The molecule has 0 heterocycles. The molecule has 0 radical (unpaired) electrons. The first-order valence-corrected chi connectivity index (χ1v) is 5.80. The van der Waals surface area contributed by atoms with Crippen molar-refractivity contribution in [2.45, 2.75) is 19.6 Å². The summed E-state index contributed by atoms with van der Waals surface area (Å²) in [5, 5.41) is 5.58. The zero-order valence-electron chi connectivity index (χ0n) is 11.0. The van der Waals surface area contributed by atoms with Gasteiger partial charge in [-0.25, -0.2) is 4.79 Å². The van der Waals surface area contributed by atoms with Gasteiger partial charge in [0.1, 0.15) is 0 Å². The van der Waals surface area contributed by atoms with E-state index in [0.29, 0.717) is 13.2 Å². The highest BCUT2D eigenvalue weighted by Crippen LogP contribution is 2.15. The molecule has 0 aromatic heterocycles.